The van der Waals surface area contributed by atoms with Crippen molar-refractivity contribution >= 4 is 5.97 Å². The second-order valence-electron chi connectivity index (χ2n) is 4.45. The molecule has 1 atom stereocenters. The molecule has 0 aliphatic carbocycles. The number of carboxylic acids is 1. The van der Waals surface area contributed by atoms with Gasteiger partial charge in [-0.1, -0.05) is 20.8 Å². The summed E-state index contributed by atoms with van der Waals surface area (Å²) in [6.07, 6.45) is 3.46. The molecule has 0 saturated carbocycles. The molecule has 0 bridgehead atoms. The average Bonchev–Trinajstić information content (AvgIpc) is 2.28. The molecule has 0 fully saturated rings. The lowest BCUT2D eigenvalue weighted by molar-refractivity contribution is -0.145. The summed E-state index contributed by atoms with van der Waals surface area (Å²) in [6, 6.07) is 3.40. The van der Waals surface area contributed by atoms with E-state index in [2.05, 4.69) is 4.98 Å². The van der Waals surface area contributed by atoms with E-state index in [4.69, 9.17) is 0 Å². The second kappa shape index (κ2) is 6.35. The van der Waals surface area contributed by atoms with E-state index in [9.17, 15) is 9.90 Å². The lowest BCUT2D eigenvalue weighted by atomic mass is 10.0. The Hall–Kier alpha value is -1.42. The summed E-state index contributed by atoms with van der Waals surface area (Å²) >= 11 is 0. The molecule has 1 unspecified atom stereocenters. The van der Waals surface area contributed by atoms with Gasteiger partial charge < -0.3 is 5.11 Å². The molecular weight excluding hydrogens is 216 g/mol. The monoisotopic (exact) mass is 236 g/mol. The molecule has 1 rings (SSSR count). The van der Waals surface area contributed by atoms with Crippen LogP contribution in [0.1, 0.15) is 26.3 Å². The highest BCUT2D eigenvalue weighted by Gasteiger charge is 2.27. The van der Waals surface area contributed by atoms with Crippen LogP contribution in [0, 0.1) is 5.92 Å². The third-order valence-electron chi connectivity index (χ3n) is 2.82. The Morgan fingerprint density at radius 1 is 1.41 bits per heavy atom. The lowest BCUT2D eigenvalue weighted by Crippen LogP contribution is -2.44. The normalized spacial score (nSPS) is 13.0. The Morgan fingerprint density at radius 3 is 2.41 bits per heavy atom. The maximum Gasteiger partial charge on any atom is 0.321 e. The fourth-order valence-corrected chi connectivity index (χ4v) is 1.99. The summed E-state index contributed by atoms with van der Waals surface area (Å²) in [4.78, 5) is 17.2. The van der Waals surface area contributed by atoms with E-state index in [-0.39, 0.29) is 5.92 Å². The number of nitrogens with zero attached hydrogens (tertiary/aromatic N) is 2. The number of rotatable bonds is 6. The number of likely N-dealkylation sites (N-methyl/N-ethyl adjacent to an activating group) is 1. The largest absolute Gasteiger partial charge is 0.480 e. The summed E-state index contributed by atoms with van der Waals surface area (Å²) in [5, 5.41) is 9.27. The smallest absolute Gasteiger partial charge is 0.321 e. The lowest BCUT2D eigenvalue weighted by Gasteiger charge is -2.30. The van der Waals surface area contributed by atoms with Crippen molar-refractivity contribution in [2.45, 2.75) is 33.4 Å². The third kappa shape index (κ3) is 3.82. The molecule has 0 spiro atoms. The molecule has 1 heterocycles. The zero-order valence-corrected chi connectivity index (χ0v) is 10.6. The minimum absolute atomic E-state index is 0.0919. The highest BCUT2D eigenvalue weighted by molar-refractivity contribution is 5.73. The van der Waals surface area contributed by atoms with Crippen LogP contribution in [-0.4, -0.2) is 33.5 Å². The number of aliphatic carboxylic acids is 1. The van der Waals surface area contributed by atoms with Gasteiger partial charge in [-0.05, 0) is 30.2 Å². The van der Waals surface area contributed by atoms with Crippen molar-refractivity contribution in [1.29, 1.82) is 0 Å². The fraction of sp³-hybridized carbons (Fsp3) is 0.538. The van der Waals surface area contributed by atoms with Gasteiger partial charge in [0.1, 0.15) is 6.04 Å². The van der Waals surface area contributed by atoms with Crippen molar-refractivity contribution in [3.8, 4) is 0 Å². The molecule has 0 aliphatic heterocycles. The van der Waals surface area contributed by atoms with Gasteiger partial charge in [0, 0.05) is 18.9 Å². The Bertz CT molecular complexity index is 352. The summed E-state index contributed by atoms with van der Waals surface area (Å²) in [7, 11) is 0. The van der Waals surface area contributed by atoms with Crippen LogP contribution in [-0.2, 0) is 11.3 Å². The standard InChI is InChI=1S/C13H20N2O2/c1-4-15(12(10(2)3)13(16)17)9-11-5-7-14-8-6-11/h5-8,10,12H,4,9H2,1-3H3,(H,16,17). The van der Waals surface area contributed by atoms with Crippen molar-refractivity contribution in [3.63, 3.8) is 0 Å². The molecule has 0 amide bonds. The Balaban J connectivity index is 2.80. The summed E-state index contributed by atoms with van der Waals surface area (Å²) in [6.45, 7) is 7.23. The predicted molar refractivity (Wildman–Crippen MR) is 66.6 cm³/mol. The molecule has 0 saturated heterocycles. The molecule has 0 radical (unpaired) electrons. The minimum Gasteiger partial charge on any atom is -0.480 e. The van der Waals surface area contributed by atoms with Crippen LogP contribution < -0.4 is 0 Å². The number of pyridine rings is 1. The van der Waals surface area contributed by atoms with E-state index in [1.165, 1.54) is 0 Å². The number of hydrogen-bond donors (Lipinski definition) is 1. The first-order chi connectivity index (χ1) is 8.06. The second-order valence-corrected chi connectivity index (χ2v) is 4.45. The van der Waals surface area contributed by atoms with E-state index in [0.29, 0.717) is 6.54 Å². The molecule has 4 nitrogen and oxygen atoms in total. The van der Waals surface area contributed by atoms with Gasteiger partial charge in [-0.15, -0.1) is 0 Å². The maximum absolute atomic E-state index is 11.3. The number of carbonyl (C=O) groups is 1. The first kappa shape index (κ1) is 13.6. The first-order valence-corrected chi connectivity index (χ1v) is 5.92. The van der Waals surface area contributed by atoms with Crippen LogP contribution >= 0.6 is 0 Å². The molecule has 1 N–H and O–H groups in total. The number of aromatic nitrogens is 1. The van der Waals surface area contributed by atoms with Gasteiger partial charge in [-0.2, -0.15) is 0 Å². The fourth-order valence-electron chi connectivity index (χ4n) is 1.99. The topological polar surface area (TPSA) is 53.4 Å². The van der Waals surface area contributed by atoms with Crippen molar-refractivity contribution in [3.05, 3.63) is 30.1 Å². The molecule has 94 valence electrons. The first-order valence-electron chi connectivity index (χ1n) is 5.92. The van der Waals surface area contributed by atoms with Gasteiger partial charge in [0.15, 0.2) is 0 Å². The summed E-state index contributed by atoms with van der Waals surface area (Å²) in [5.74, 6) is -0.662. The third-order valence-corrected chi connectivity index (χ3v) is 2.82. The molecule has 17 heavy (non-hydrogen) atoms. The van der Waals surface area contributed by atoms with Gasteiger partial charge in [0.2, 0.25) is 0 Å². The van der Waals surface area contributed by atoms with Gasteiger partial charge in [0.25, 0.3) is 0 Å². The zero-order chi connectivity index (χ0) is 12.8. The molecule has 1 aromatic rings. The van der Waals surface area contributed by atoms with E-state index < -0.39 is 12.0 Å². The quantitative estimate of drug-likeness (QED) is 0.821. The highest BCUT2D eigenvalue weighted by Crippen LogP contribution is 2.14. The minimum atomic E-state index is -0.754. The molecule has 1 aromatic heterocycles. The zero-order valence-electron chi connectivity index (χ0n) is 10.6. The van der Waals surface area contributed by atoms with E-state index in [0.717, 1.165) is 12.1 Å². The van der Waals surface area contributed by atoms with Gasteiger partial charge in [-0.3, -0.25) is 14.7 Å². The summed E-state index contributed by atoms with van der Waals surface area (Å²) in [5.41, 5.74) is 1.09. The Kier molecular flexibility index (Phi) is 5.10. The molecule has 0 aliphatic rings. The van der Waals surface area contributed by atoms with Gasteiger partial charge in [-0.25, -0.2) is 0 Å². The Morgan fingerprint density at radius 2 is 2.00 bits per heavy atom. The van der Waals surface area contributed by atoms with Crippen LogP contribution in [0.15, 0.2) is 24.5 Å². The SMILES string of the molecule is CCN(Cc1ccncc1)C(C(=O)O)C(C)C. The van der Waals surface area contributed by atoms with E-state index >= 15 is 0 Å². The van der Waals surface area contributed by atoms with Crippen molar-refractivity contribution < 1.29 is 9.90 Å². The maximum atomic E-state index is 11.3. The van der Waals surface area contributed by atoms with E-state index in [1.807, 2.05) is 37.8 Å². The van der Waals surface area contributed by atoms with Gasteiger partial charge in [0.05, 0.1) is 0 Å². The van der Waals surface area contributed by atoms with Crippen LogP contribution in [0.3, 0.4) is 0 Å². The average molecular weight is 236 g/mol. The predicted octanol–water partition coefficient (Wildman–Crippen LogP) is 2.01. The molecule has 0 aromatic carbocycles. The van der Waals surface area contributed by atoms with Crippen LogP contribution in [0.5, 0.6) is 0 Å². The number of carboxylic acid groups (broad SMARTS) is 1. The van der Waals surface area contributed by atoms with Crippen LogP contribution in [0.25, 0.3) is 0 Å². The van der Waals surface area contributed by atoms with Crippen molar-refractivity contribution in [1.82, 2.24) is 9.88 Å². The molecular formula is C13H20N2O2. The van der Waals surface area contributed by atoms with Crippen LogP contribution in [0.4, 0.5) is 0 Å². The summed E-state index contributed by atoms with van der Waals surface area (Å²) < 4.78 is 0. The van der Waals surface area contributed by atoms with Crippen LogP contribution in [0.2, 0.25) is 0 Å². The van der Waals surface area contributed by atoms with E-state index in [1.54, 1.807) is 12.4 Å². The van der Waals surface area contributed by atoms with Crippen molar-refractivity contribution in [2.75, 3.05) is 6.54 Å². The Labute approximate surface area is 102 Å². The number of hydrogen-bond acceptors (Lipinski definition) is 3. The molecule has 4 heteroatoms. The van der Waals surface area contributed by atoms with Gasteiger partial charge >= 0.3 is 5.97 Å². The highest BCUT2D eigenvalue weighted by atomic mass is 16.4. The van der Waals surface area contributed by atoms with Crippen molar-refractivity contribution in [2.24, 2.45) is 5.92 Å².